The second-order valence-electron chi connectivity index (χ2n) is 8.41. The smallest absolute Gasteiger partial charge is 0.383 e. The van der Waals surface area contributed by atoms with Crippen LogP contribution in [0.25, 0.3) is 0 Å². The molecule has 172 valence electrons. The molecular weight excluding hydrogens is 417 g/mol. The van der Waals surface area contributed by atoms with Crippen molar-refractivity contribution in [3.63, 3.8) is 0 Å². The number of benzene rings is 2. The molecule has 2 aromatic rings. The molecule has 1 heterocycles. The number of nitrogens with one attached hydrogen (secondary N) is 2. The van der Waals surface area contributed by atoms with Crippen LogP contribution in [0.15, 0.2) is 47.5 Å². The van der Waals surface area contributed by atoms with Crippen molar-refractivity contribution in [3.05, 3.63) is 53.6 Å². The van der Waals surface area contributed by atoms with Crippen LogP contribution in [0.2, 0.25) is 0 Å². The number of hydrogen-bond acceptors (Lipinski definition) is 4. The summed E-state index contributed by atoms with van der Waals surface area (Å²) in [4.78, 5) is 18.6. The highest BCUT2D eigenvalue weighted by molar-refractivity contribution is 6.12. The third-order valence-electron chi connectivity index (χ3n) is 5.53. The number of carbonyl (C=O) groups is 1. The van der Waals surface area contributed by atoms with Crippen LogP contribution in [-0.4, -0.2) is 42.2 Å². The molecule has 8 heteroatoms. The quantitative estimate of drug-likeness (QED) is 0.514. The van der Waals surface area contributed by atoms with E-state index in [1.165, 1.54) is 18.3 Å². The van der Waals surface area contributed by atoms with Gasteiger partial charge >= 0.3 is 6.18 Å². The van der Waals surface area contributed by atoms with E-state index in [0.717, 1.165) is 11.6 Å². The van der Waals surface area contributed by atoms with Gasteiger partial charge in [-0.2, -0.15) is 13.2 Å². The van der Waals surface area contributed by atoms with E-state index in [1.807, 2.05) is 12.1 Å². The Kier molecular flexibility index (Phi) is 7.23. The van der Waals surface area contributed by atoms with Gasteiger partial charge in [-0.15, -0.1) is 0 Å². The Hall–Kier alpha value is -2.87. The molecule has 0 fully saturated rings. The van der Waals surface area contributed by atoms with E-state index < -0.39 is 17.7 Å². The van der Waals surface area contributed by atoms with Crippen molar-refractivity contribution in [1.29, 1.82) is 0 Å². The highest BCUT2D eigenvalue weighted by Crippen LogP contribution is 2.37. The molecule has 2 aromatic carbocycles. The molecule has 0 radical (unpaired) electrons. The van der Waals surface area contributed by atoms with Crippen LogP contribution >= 0.6 is 0 Å². The largest absolute Gasteiger partial charge is 0.418 e. The summed E-state index contributed by atoms with van der Waals surface area (Å²) in [6, 6.07) is 11.7. The molecule has 5 nitrogen and oxygen atoms in total. The Morgan fingerprint density at radius 3 is 2.47 bits per heavy atom. The summed E-state index contributed by atoms with van der Waals surface area (Å²) in [7, 11) is 0. The summed E-state index contributed by atoms with van der Waals surface area (Å²) < 4.78 is 41.1. The zero-order valence-electron chi connectivity index (χ0n) is 18.7. The lowest BCUT2D eigenvalue weighted by Gasteiger charge is -2.30. The van der Waals surface area contributed by atoms with Crippen molar-refractivity contribution in [2.45, 2.75) is 51.9 Å². The number of rotatable bonds is 8. The van der Waals surface area contributed by atoms with E-state index in [2.05, 4.69) is 48.2 Å². The minimum atomic E-state index is -4.53. The summed E-state index contributed by atoms with van der Waals surface area (Å²) >= 11 is 0. The minimum Gasteiger partial charge on any atom is -0.383 e. The lowest BCUT2D eigenvalue weighted by molar-refractivity contribution is -0.137. The zero-order valence-corrected chi connectivity index (χ0v) is 18.7. The van der Waals surface area contributed by atoms with E-state index in [0.29, 0.717) is 30.9 Å². The summed E-state index contributed by atoms with van der Waals surface area (Å²) in [5.41, 5.74) is 0.847. The van der Waals surface area contributed by atoms with Crippen LogP contribution in [-0.2, 0) is 11.0 Å². The Morgan fingerprint density at radius 1 is 1.12 bits per heavy atom. The molecular formula is C24H29F3N4O. The third-order valence-corrected chi connectivity index (χ3v) is 5.53. The van der Waals surface area contributed by atoms with Gasteiger partial charge in [-0.05, 0) is 57.5 Å². The van der Waals surface area contributed by atoms with Crippen molar-refractivity contribution in [2.24, 2.45) is 4.99 Å². The monoisotopic (exact) mass is 446 g/mol. The van der Waals surface area contributed by atoms with Gasteiger partial charge in [0.25, 0.3) is 0 Å². The molecule has 3 rings (SSSR count). The van der Waals surface area contributed by atoms with Gasteiger partial charge in [0.2, 0.25) is 5.91 Å². The maximum atomic E-state index is 13.7. The van der Waals surface area contributed by atoms with Crippen molar-refractivity contribution in [1.82, 2.24) is 4.90 Å². The van der Waals surface area contributed by atoms with Crippen LogP contribution in [0.3, 0.4) is 0 Å². The van der Waals surface area contributed by atoms with Crippen molar-refractivity contribution >= 4 is 29.2 Å². The summed E-state index contributed by atoms with van der Waals surface area (Å²) in [6.45, 7) is 9.28. The number of alkyl halides is 3. The van der Waals surface area contributed by atoms with Gasteiger partial charge in [0.1, 0.15) is 5.92 Å². The molecule has 0 saturated heterocycles. The number of fused-ring (bicyclic) bond motifs is 1. The highest BCUT2D eigenvalue weighted by Gasteiger charge is 2.34. The Labute approximate surface area is 186 Å². The normalized spacial score (nSPS) is 16.3. The van der Waals surface area contributed by atoms with Crippen LogP contribution < -0.4 is 10.6 Å². The van der Waals surface area contributed by atoms with Gasteiger partial charge in [0.15, 0.2) is 0 Å². The first-order valence-corrected chi connectivity index (χ1v) is 10.7. The van der Waals surface area contributed by atoms with Gasteiger partial charge in [0.05, 0.1) is 11.3 Å². The SMILES string of the molecule is CC(C)N(CCNc1ccc(N=CC2C(=O)Nc3ccccc32)cc1C(F)(F)F)C(C)C. The molecule has 2 N–H and O–H groups in total. The number of para-hydroxylation sites is 1. The first-order chi connectivity index (χ1) is 15.1. The van der Waals surface area contributed by atoms with E-state index in [9.17, 15) is 18.0 Å². The number of amides is 1. The molecule has 0 aromatic heterocycles. The van der Waals surface area contributed by atoms with Gasteiger partial charge in [-0.3, -0.25) is 14.7 Å². The maximum Gasteiger partial charge on any atom is 0.418 e. The standard InChI is InChI=1S/C24H29F3N4O/c1-15(2)31(16(3)4)12-11-28-22-10-9-17(13-20(22)24(25,26)27)29-14-19-18-7-5-6-8-21(18)30-23(19)32/h5-10,13-16,19,28H,11-12H2,1-4H3,(H,30,32). The lowest BCUT2D eigenvalue weighted by atomic mass is 10.0. The Morgan fingerprint density at radius 2 is 1.81 bits per heavy atom. The van der Waals surface area contributed by atoms with Gasteiger partial charge in [-0.25, -0.2) is 0 Å². The van der Waals surface area contributed by atoms with E-state index in [4.69, 9.17) is 0 Å². The molecule has 0 saturated carbocycles. The number of aliphatic imine (C=N–C) groups is 1. The first-order valence-electron chi connectivity index (χ1n) is 10.7. The van der Waals surface area contributed by atoms with E-state index in [-0.39, 0.29) is 17.3 Å². The number of anilines is 2. The lowest BCUT2D eigenvalue weighted by Crippen LogP contribution is -2.40. The Balaban J connectivity index is 1.77. The van der Waals surface area contributed by atoms with Crippen molar-refractivity contribution < 1.29 is 18.0 Å². The summed E-state index contributed by atoms with van der Waals surface area (Å²) in [6.07, 6.45) is -3.13. The third kappa shape index (κ3) is 5.48. The average molecular weight is 447 g/mol. The number of halogens is 3. The first kappa shape index (κ1) is 23.8. The molecule has 1 unspecified atom stereocenters. The van der Waals surface area contributed by atoms with E-state index in [1.54, 1.807) is 12.1 Å². The van der Waals surface area contributed by atoms with Gasteiger partial charge < -0.3 is 10.6 Å². The molecule has 1 aliphatic heterocycles. The predicted molar refractivity (Wildman–Crippen MR) is 123 cm³/mol. The summed E-state index contributed by atoms with van der Waals surface area (Å²) in [5.74, 6) is -0.875. The van der Waals surface area contributed by atoms with Crippen LogP contribution in [0.4, 0.5) is 30.2 Å². The second-order valence-corrected chi connectivity index (χ2v) is 8.41. The zero-order chi connectivity index (χ0) is 23.5. The van der Waals surface area contributed by atoms with E-state index >= 15 is 0 Å². The molecule has 0 bridgehead atoms. The molecule has 1 atom stereocenters. The summed E-state index contributed by atoms with van der Waals surface area (Å²) in [5, 5.41) is 5.68. The van der Waals surface area contributed by atoms with Crippen LogP contribution in [0, 0.1) is 0 Å². The fraction of sp³-hybridized carbons (Fsp3) is 0.417. The van der Waals surface area contributed by atoms with Crippen molar-refractivity contribution in [2.75, 3.05) is 23.7 Å². The fourth-order valence-corrected chi connectivity index (χ4v) is 3.98. The van der Waals surface area contributed by atoms with Gasteiger partial charge in [-0.1, -0.05) is 18.2 Å². The topological polar surface area (TPSA) is 56.7 Å². The van der Waals surface area contributed by atoms with Crippen molar-refractivity contribution in [3.8, 4) is 0 Å². The molecule has 32 heavy (non-hydrogen) atoms. The Bertz CT molecular complexity index is 977. The number of carbonyl (C=O) groups excluding carboxylic acids is 1. The fourth-order valence-electron chi connectivity index (χ4n) is 3.98. The van der Waals surface area contributed by atoms with Crippen LogP contribution in [0.1, 0.15) is 44.7 Å². The molecule has 0 spiro atoms. The highest BCUT2D eigenvalue weighted by atomic mass is 19.4. The predicted octanol–water partition coefficient (Wildman–Crippen LogP) is 5.67. The minimum absolute atomic E-state index is 0.0212. The molecule has 1 aliphatic rings. The van der Waals surface area contributed by atoms with Crippen LogP contribution in [0.5, 0.6) is 0 Å². The number of nitrogens with zero attached hydrogens (tertiary/aromatic N) is 2. The maximum absolute atomic E-state index is 13.7. The number of hydrogen-bond donors (Lipinski definition) is 2. The average Bonchev–Trinajstić information content (AvgIpc) is 3.03. The molecule has 0 aliphatic carbocycles. The molecule has 1 amide bonds. The van der Waals surface area contributed by atoms with Gasteiger partial charge in [0, 0.05) is 42.8 Å². The second kappa shape index (κ2) is 9.73.